The van der Waals surface area contributed by atoms with E-state index in [4.69, 9.17) is 5.73 Å². The monoisotopic (exact) mass is 272 g/mol. The fourth-order valence-corrected chi connectivity index (χ4v) is 3.90. The molecule has 6 nitrogen and oxygen atoms in total. The average molecular weight is 272 g/mol. The quantitative estimate of drug-likeness (QED) is 0.860. The minimum atomic E-state index is -3.45. The topological polar surface area (TPSA) is 81.2 Å². The normalized spacial score (nSPS) is 22.2. The summed E-state index contributed by atoms with van der Waals surface area (Å²) in [6, 6.07) is 1.50. The number of nitrogens with two attached hydrogens (primary N) is 1. The fourth-order valence-electron chi connectivity index (χ4n) is 2.24. The van der Waals surface area contributed by atoms with Crippen LogP contribution in [0.15, 0.2) is 17.3 Å². The molecule has 1 aromatic rings. The van der Waals surface area contributed by atoms with E-state index in [9.17, 15) is 8.42 Å². The molecule has 1 aliphatic heterocycles. The van der Waals surface area contributed by atoms with Crippen LogP contribution in [0.5, 0.6) is 0 Å². The van der Waals surface area contributed by atoms with Crippen molar-refractivity contribution in [3.63, 3.8) is 0 Å². The molecule has 0 spiro atoms. The van der Waals surface area contributed by atoms with Gasteiger partial charge in [0.1, 0.15) is 0 Å². The molecular formula is C11H20N4O2S. The van der Waals surface area contributed by atoms with Crippen molar-refractivity contribution in [2.75, 3.05) is 13.1 Å². The molecule has 2 rings (SSSR count). The lowest BCUT2D eigenvalue weighted by Gasteiger charge is -2.29. The highest BCUT2D eigenvalue weighted by molar-refractivity contribution is 7.89. The minimum Gasteiger partial charge on any atom is -0.327 e. The first-order valence-electron chi connectivity index (χ1n) is 6.33. The number of nitrogens with zero attached hydrogens (tertiary/aromatic N) is 3. The number of rotatable bonds is 4. The smallest absolute Gasteiger partial charge is 0.260 e. The summed E-state index contributed by atoms with van der Waals surface area (Å²) in [6.07, 6.45) is 4.10. The number of hydrogen-bond donors (Lipinski definition) is 1. The summed E-state index contributed by atoms with van der Waals surface area (Å²) in [5.74, 6) is 0. The standard InChI is InChI=1S/C11H20N4O2S/c1-2-7-15-11(5-6-13-15)18(16,17)14-8-3-4-10(12)9-14/h5-6,10H,2-4,7-9,12H2,1H3/t10-/m1/s1. The Bertz CT molecular complexity index is 497. The Morgan fingerprint density at radius 3 is 3.00 bits per heavy atom. The molecule has 0 unspecified atom stereocenters. The minimum absolute atomic E-state index is 0.0592. The van der Waals surface area contributed by atoms with Crippen LogP contribution in [0.1, 0.15) is 26.2 Å². The van der Waals surface area contributed by atoms with Crippen LogP contribution in [0.3, 0.4) is 0 Å². The molecule has 0 radical (unpaired) electrons. The van der Waals surface area contributed by atoms with Crippen LogP contribution < -0.4 is 5.73 Å². The molecule has 1 aliphatic rings. The highest BCUT2D eigenvalue weighted by Crippen LogP contribution is 2.20. The van der Waals surface area contributed by atoms with Crippen molar-refractivity contribution in [1.29, 1.82) is 0 Å². The maximum atomic E-state index is 12.5. The lowest BCUT2D eigenvalue weighted by atomic mass is 10.1. The SMILES string of the molecule is CCCn1nccc1S(=O)(=O)N1CCC[C@@H](N)C1. The van der Waals surface area contributed by atoms with Gasteiger partial charge in [0.05, 0.1) is 6.20 Å². The maximum Gasteiger partial charge on any atom is 0.260 e. The molecule has 0 aliphatic carbocycles. The first-order chi connectivity index (χ1) is 8.55. The molecule has 2 heterocycles. The van der Waals surface area contributed by atoms with E-state index in [0.29, 0.717) is 19.6 Å². The highest BCUT2D eigenvalue weighted by Gasteiger charge is 2.31. The molecule has 0 saturated carbocycles. The molecule has 102 valence electrons. The Kier molecular flexibility index (Phi) is 4.04. The fraction of sp³-hybridized carbons (Fsp3) is 0.727. The van der Waals surface area contributed by atoms with Crippen LogP contribution in [0.25, 0.3) is 0 Å². The largest absolute Gasteiger partial charge is 0.327 e. The lowest BCUT2D eigenvalue weighted by molar-refractivity contribution is 0.313. The van der Waals surface area contributed by atoms with Crippen LogP contribution in [-0.4, -0.2) is 41.6 Å². The molecule has 2 N–H and O–H groups in total. The first kappa shape index (κ1) is 13.5. The third kappa shape index (κ3) is 2.57. The Hall–Kier alpha value is -0.920. The molecular weight excluding hydrogens is 252 g/mol. The molecule has 1 saturated heterocycles. The molecule has 0 bridgehead atoms. The number of sulfonamides is 1. The Morgan fingerprint density at radius 2 is 2.33 bits per heavy atom. The highest BCUT2D eigenvalue weighted by atomic mass is 32.2. The van der Waals surface area contributed by atoms with Crippen LogP contribution in [0.2, 0.25) is 0 Å². The van der Waals surface area contributed by atoms with Crippen molar-refractivity contribution < 1.29 is 8.42 Å². The molecule has 1 aromatic heterocycles. The second-order valence-electron chi connectivity index (χ2n) is 4.66. The number of aryl methyl sites for hydroxylation is 1. The second-order valence-corrected chi connectivity index (χ2v) is 6.54. The van der Waals surface area contributed by atoms with E-state index in [1.807, 2.05) is 6.92 Å². The molecule has 0 aromatic carbocycles. The summed E-state index contributed by atoms with van der Waals surface area (Å²) in [7, 11) is -3.45. The average Bonchev–Trinajstić information content (AvgIpc) is 2.78. The number of piperidine rings is 1. The summed E-state index contributed by atoms with van der Waals surface area (Å²) in [5, 5.41) is 4.34. The summed E-state index contributed by atoms with van der Waals surface area (Å²) in [5.41, 5.74) is 5.84. The zero-order valence-electron chi connectivity index (χ0n) is 10.6. The Balaban J connectivity index is 2.26. The van der Waals surface area contributed by atoms with E-state index in [1.54, 1.807) is 10.7 Å². The van der Waals surface area contributed by atoms with Crippen molar-refractivity contribution in [3.05, 3.63) is 12.3 Å². The Morgan fingerprint density at radius 1 is 1.56 bits per heavy atom. The second kappa shape index (κ2) is 5.38. The molecule has 1 atom stereocenters. The first-order valence-corrected chi connectivity index (χ1v) is 7.77. The van der Waals surface area contributed by atoms with Gasteiger partial charge in [-0.1, -0.05) is 6.92 Å². The Labute approximate surface area is 108 Å². The van der Waals surface area contributed by atoms with E-state index in [1.165, 1.54) is 10.5 Å². The zero-order chi connectivity index (χ0) is 13.2. The lowest BCUT2D eigenvalue weighted by Crippen LogP contribution is -2.46. The van der Waals surface area contributed by atoms with Gasteiger partial charge in [-0.05, 0) is 25.3 Å². The van der Waals surface area contributed by atoms with E-state index >= 15 is 0 Å². The van der Waals surface area contributed by atoms with Gasteiger partial charge in [-0.2, -0.15) is 9.40 Å². The summed E-state index contributed by atoms with van der Waals surface area (Å²) in [4.78, 5) is 0. The molecule has 18 heavy (non-hydrogen) atoms. The van der Waals surface area contributed by atoms with Crippen LogP contribution >= 0.6 is 0 Å². The van der Waals surface area contributed by atoms with Crippen molar-refractivity contribution >= 4 is 10.0 Å². The van der Waals surface area contributed by atoms with Gasteiger partial charge >= 0.3 is 0 Å². The predicted octanol–water partition coefficient (Wildman–Crippen LogP) is 0.405. The summed E-state index contributed by atoms with van der Waals surface area (Å²) in [6.45, 7) is 3.56. The molecule has 1 fully saturated rings. The van der Waals surface area contributed by atoms with Crippen LogP contribution in [0.4, 0.5) is 0 Å². The van der Waals surface area contributed by atoms with E-state index in [2.05, 4.69) is 5.10 Å². The summed E-state index contributed by atoms with van der Waals surface area (Å²) >= 11 is 0. The third-order valence-electron chi connectivity index (χ3n) is 3.14. The van der Waals surface area contributed by atoms with E-state index < -0.39 is 10.0 Å². The van der Waals surface area contributed by atoms with Gasteiger partial charge in [0.25, 0.3) is 10.0 Å². The van der Waals surface area contributed by atoms with Gasteiger partial charge < -0.3 is 5.73 Å². The van der Waals surface area contributed by atoms with E-state index in [0.717, 1.165) is 19.3 Å². The van der Waals surface area contributed by atoms with Crippen LogP contribution in [0, 0.1) is 0 Å². The molecule has 7 heteroatoms. The number of hydrogen-bond acceptors (Lipinski definition) is 4. The van der Waals surface area contributed by atoms with Crippen molar-refractivity contribution in [2.24, 2.45) is 5.73 Å². The third-order valence-corrected chi connectivity index (χ3v) is 5.02. The van der Waals surface area contributed by atoms with E-state index in [-0.39, 0.29) is 11.1 Å². The van der Waals surface area contributed by atoms with Crippen LogP contribution in [-0.2, 0) is 16.6 Å². The number of aromatic nitrogens is 2. The van der Waals surface area contributed by atoms with Crippen molar-refractivity contribution in [3.8, 4) is 0 Å². The predicted molar refractivity (Wildman–Crippen MR) is 68.5 cm³/mol. The summed E-state index contributed by atoms with van der Waals surface area (Å²) < 4.78 is 28.0. The zero-order valence-corrected chi connectivity index (χ0v) is 11.4. The van der Waals surface area contributed by atoms with Gasteiger partial charge in [-0.15, -0.1) is 0 Å². The van der Waals surface area contributed by atoms with Gasteiger partial charge in [0.2, 0.25) is 0 Å². The van der Waals surface area contributed by atoms with Gasteiger partial charge in [0.15, 0.2) is 5.03 Å². The maximum absolute atomic E-state index is 12.5. The van der Waals surface area contributed by atoms with Gasteiger partial charge in [0, 0.05) is 25.7 Å². The van der Waals surface area contributed by atoms with Crippen molar-refractivity contribution in [1.82, 2.24) is 14.1 Å². The van der Waals surface area contributed by atoms with Gasteiger partial charge in [-0.3, -0.25) is 4.68 Å². The molecule has 0 amide bonds. The van der Waals surface area contributed by atoms with Crippen molar-refractivity contribution in [2.45, 2.75) is 43.8 Å². The van der Waals surface area contributed by atoms with Gasteiger partial charge in [-0.25, -0.2) is 8.42 Å².